The van der Waals surface area contributed by atoms with Crippen molar-refractivity contribution in [3.05, 3.63) is 60.4 Å². The van der Waals surface area contributed by atoms with Crippen molar-refractivity contribution in [2.45, 2.75) is 19.1 Å². The number of hydrogen-bond donors (Lipinski definition) is 1. The molecule has 2 aromatic carbocycles. The number of para-hydroxylation sites is 2. The van der Waals surface area contributed by atoms with E-state index in [9.17, 15) is 5.11 Å². The smallest absolute Gasteiger partial charge is 0.100 e. The molecule has 4 heteroatoms. The van der Waals surface area contributed by atoms with E-state index in [2.05, 4.69) is 44.8 Å². The monoisotopic (exact) mass is 293 g/mol. The maximum atomic E-state index is 9.60. The number of fused-ring (bicyclic) bond motifs is 1. The summed E-state index contributed by atoms with van der Waals surface area (Å²) in [5.74, 6) is 0. The summed E-state index contributed by atoms with van der Waals surface area (Å²) in [5, 5.41) is 9.60. The van der Waals surface area contributed by atoms with Gasteiger partial charge in [0.2, 0.25) is 0 Å². The van der Waals surface area contributed by atoms with Gasteiger partial charge in [0.05, 0.1) is 17.1 Å². The highest BCUT2D eigenvalue weighted by molar-refractivity contribution is 5.77. The Labute approximate surface area is 129 Å². The van der Waals surface area contributed by atoms with Gasteiger partial charge in [0.1, 0.15) is 6.33 Å². The van der Waals surface area contributed by atoms with Crippen molar-refractivity contribution >= 4 is 11.0 Å². The largest absolute Gasteiger partial charge is 0.392 e. The zero-order valence-corrected chi connectivity index (χ0v) is 12.4. The van der Waals surface area contributed by atoms with Crippen molar-refractivity contribution in [1.29, 1.82) is 0 Å². The van der Waals surface area contributed by atoms with Gasteiger partial charge in [-0.25, -0.2) is 4.98 Å². The van der Waals surface area contributed by atoms with Crippen LogP contribution in [0, 0.1) is 0 Å². The van der Waals surface area contributed by atoms with E-state index in [-0.39, 0.29) is 6.10 Å². The van der Waals surface area contributed by atoms with Gasteiger partial charge in [0.25, 0.3) is 0 Å². The van der Waals surface area contributed by atoms with Crippen LogP contribution >= 0.6 is 0 Å². The Morgan fingerprint density at radius 3 is 2.68 bits per heavy atom. The molecule has 0 bridgehead atoms. The van der Waals surface area contributed by atoms with Gasteiger partial charge in [-0.15, -0.1) is 0 Å². The summed E-state index contributed by atoms with van der Waals surface area (Å²) in [7, 11) is 0. The minimum absolute atomic E-state index is 0.156. The Morgan fingerprint density at radius 1 is 1.09 bits per heavy atom. The molecule has 1 aromatic heterocycles. The molecule has 22 heavy (non-hydrogen) atoms. The highest BCUT2D eigenvalue weighted by Gasteiger charge is 2.19. The third-order valence-electron chi connectivity index (χ3n) is 4.32. The Bertz CT molecular complexity index is 778. The van der Waals surface area contributed by atoms with Crippen LogP contribution in [0.1, 0.15) is 12.0 Å². The Morgan fingerprint density at radius 2 is 1.91 bits per heavy atom. The van der Waals surface area contributed by atoms with Gasteiger partial charge in [-0.3, -0.25) is 9.47 Å². The molecule has 0 spiro atoms. The number of aromatic nitrogens is 2. The van der Waals surface area contributed by atoms with E-state index in [4.69, 9.17) is 0 Å². The van der Waals surface area contributed by atoms with E-state index in [1.807, 2.05) is 24.5 Å². The van der Waals surface area contributed by atoms with Crippen LogP contribution in [-0.2, 0) is 6.54 Å². The van der Waals surface area contributed by atoms with E-state index in [0.29, 0.717) is 0 Å². The van der Waals surface area contributed by atoms with Crippen LogP contribution in [0.2, 0.25) is 0 Å². The van der Waals surface area contributed by atoms with Gasteiger partial charge >= 0.3 is 0 Å². The van der Waals surface area contributed by atoms with Gasteiger partial charge in [0.15, 0.2) is 0 Å². The van der Waals surface area contributed by atoms with Crippen LogP contribution in [0.5, 0.6) is 0 Å². The van der Waals surface area contributed by atoms with E-state index < -0.39 is 0 Å². The van der Waals surface area contributed by atoms with Crippen molar-refractivity contribution in [2.24, 2.45) is 0 Å². The minimum atomic E-state index is -0.156. The summed E-state index contributed by atoms with van der Waals surface area (Å²) < 4.78 is 2.11. The van der Waals surface area contributed by atoms with Gasteiger partial charge < -0.3 is 5.11 Å². The topological polar surface area (TPSA) is 41.3 Å². The predicted octanol–water partition coefficient (Wildman–Crippen LogP) is 2.59. The third kappa shape index (κ3) is 2.51. The first kappa shape index (κ1) is 13.5. The summed E-state index contributed by atoms with van der Waals surface area (Å²) in [5.41, 5.74) is 4.54. The van der Waals surface area contributed by atoms with Gasteiger partial charge in [-0.2, -0.15) is 0 Å². The molecular weight excluding hydrogens is 274 g/mol. The lowest BCUT2D eigenvalue weighted by molar-refractivity contribution is 0.175. The van der Waals surface area contributed by atoms with Crippen LogP contribution in [-0.4, -0.2) is 38.8 Å². The molecule has 2 heterocycles. The molecule has 1 aliphatic rings. The fraction of sp³-hybridized carbons (Fsp3) is 0.278. The normalized spacial score (nSPS) is 19.0. The quantitative estimate of drug-likeness (QED) is 0.807. The summed E-state index contributed by atoms with van der Waals surface area (Å²) >= 11 is 0. The van der Waals surface area contributed by atoms with Crippen LogP contribution in [0.15, 0.2) is 54.9 Å². The number of likely N-dealkylation sites (tertiary alicyclic amines) is 1. The van der Waals surface area contributed by atoms with E-state index in [0.717, 1.165) is 42.8 Å². The molecule has 0 radical (unpaired) electrons. The van der Waals surface area contributed by atoms with Gasteiger partial charge in [-0.05, 0) is 36.2 Å². The SMILES string of the molecule is O[C@@H]1CCN(Cc2ccc(-n3cnc4ccccc43)cc2)C1. The first-order chi connectivity index (χ1) is 10.8. The zero-order valence-electron chi connectivity index (χ0n) is 12.4. The van der Waals surface area contributed by atoms with E-state index in [1.165, 1.54) is 5.56 Å². The highest BCUT2D eigenvalue weighted by Crippen LogP contribution is 2.19. The van der Waals surface area contributed by atoms with Crippen molar-refractivity contribution in [1.82, 2.24) is 14.5 Å². The van der Waals surface area contributed by atoms with Crippen LogP contribution < -0.4 is 0 Å². The second kappa shape index (κ2) is 5.55. The van der Waals surface area contributed by atoms with Crippen LogP contribution in [0.4, 0.5) is 0 Å². The third-order valence-corrected chi connectivity index (χ3v) is 4.32. The first-order valence-corrected chi connectivity index (χ1v) is 7.71. The van der Waals surface area contributed by atoms with Gasteiger partial charge in [-0.1, -0.05) is 24.3 Å². The van der Waals surface area contributed by atoms with Crippen molar-refractivity contribution in [3.63, 3.8) is 0 Å². The molecule has 1 fully saturated rings. The fourth-order valence-electron chi connectivity index (χ4n) is 3.14. The molecule has 0 unspecified atom stereocenters. The number of aliphatic hydroxyl groups is 1. The molecule has 1 atom stereocenters. The van der Waals surface area contributed by atoms with Crippen molar-refractivity contribution in [3.8, 4) is 5.69 Å². The van der Waals surface area contributed by atoms with E-state index in [1.54, 1.807) is 0 Å². The average molecular weight is 293 g/mol. The van der Waals surface area contributed by atoms with E-state index >= 15 is 0 Å². The lowest BCUT2D eigenvalue weighted by atomic mass is 10.2. The number of β-amino-alcohol motifs (C(OH)–C–C–N with tert-alkyl or cyclic N) is 1. The Balaban J connectivity index is 1.56. The fourth-order valence-corrected chi connectivity index (χ4v) is 3.14. The average Bonchev–Trinajstić information content (AvgIpc) is 3.14. The molecule has 0 aliphatic carbocycles. The number of imidazole rings is 1. The van der Waals surface area contributed by atoms with Gasteiger partial charge in [0, 0.05) is 25.3 Å². The molecule has 4 nitrogen and oxygen atoms in total. The zero-order chi connectivity index (χ0) is 14.9. The first-order valence-electron chi connectivity index (χ1n) is 7.71. The minimum Gasteiger partial charge on any atom is -0.392 e. The number of nitrogens with zero attached hydrogens (tertiary/aromatic N) is 3. The summed E-state index contributed by atoms with van der Waals surface area (Å²) in [6.45, 7) is 2.67. The van der Waals surface area contributed by atoms with Crippen molar-refractivity contribution in [2.75, 3.05) is 13.1 Å². The second-order valence-corrected chi connectivity index (χ2v) is 5.95. The Hall–Kier alpha value is -2.17. The summed E-state index contributed by atoms with van der Waals surface area (Å²) in [4.78, 5) is 6.73. The molecule has 1 N–H and O–H groups in total. The number of hydrogen-bond acceptors (Lipinski definition) is 3. The molecule has 1 aliphatic heterocycles. The molecule has 112 valence electrons. The maximum Gasteiger partial charge on any atom is 0.100 e. The summed E-state index contributed by atoms with van der Waals surface area (Å²) in [6, 6.07) is 16.7. The standard InChI is InChI=1S/C18H19N3O/c22-16-9-10-20(12-16)11-14-5-7-15(8-6-14)21-13-19-17-3-1-2-4-18(17)21/h1-8,13,16,22H,9-12H2/t16-/m1/s1. The maximum absolute atomic E-state index is 9.60. The highest BCUT2D eigenvalue weighted by atomic mass is 16.3. The molecular formula is C18H19N3O. The molecule has 0 amide bonds. The number of benzene rings is 2. The lowest BCUT2D eigenvalue weighted by Crippen LogP contribution is -2.21. The second-order valence-electron chi connectivity index (χ2n) is 5.95. The summed E-state index contributed by atoms with van der Waals surface area (Å²) in [6.07, 6.45) is 2.60. The van der Waals surface area contributed by atoms with Crippen molar-refractivity contribution < 1.29 is 5.11 Å². The molecule has 3 aromatic rings. The van der Waals surface area contributed by atoms with Crippen LogP contribution in [0.25, 0.3) is 16.7 Å². The lowest BCUT2D eigenvalue weighted by Gasteiger charge is -2.15. The van der Waals surface area contributed by atoms with Crippen LogP contribution in [0.3, 0.4) is 0 Å². The molecule has 1 saturated heterocycles. The predicted molar refractivity (Wildman–Crippen MR) is 87.0 cm³/mol. The molecule has 4 rings (SSSR count). The molecule has 0 saturated carbocycles. The Kier molecular flexibility index (Phi) is 3.41. The number of rotatable bonds is 3. The number of aliphatic hydroxyl groups excluding tert-OH is 1.